The van der Waals surface area contributed by atoms with Crippen LogP contribution in [0.2, 0.25) is 0 Å². The zero-order valence-electron chi connectivity index (χ0n) is 11.6. The van der Waals surface area contributed by atoms with Gasteiger partial charge in [-0.15, -0.1) is 0 Å². The lowest BCUT2D eigenvalue weighted by Crippen LogP contribution is -2.38. The Morgan fingerprint density at radius 1 is 1.13 bits per heavy atom. The van der Waals surface area contributed by atoms with Gasteiger partial charge in [-0.2, -0.15) is 0 Å². The van der Waals surface area contributed by atoms with Crippen molar-refractivity contribution in [2.24, 2.45) is 29.1 Å². The maximum atomic E-state index is 2.52. The van der Waals surface area contributed by atoms with Crippen molar-refractivity contribution in [1.82, 2.24) is 0 Å². The van der Waals surface area contributed by atoms with Gasteiger partial charge < -0.3 is 0 Å². The average molecular weight is 210 g/mol. The summed E-state index contributed by atoms with van der Waals surface area (Å²) in [6.07, 6.45) is 5.75. The highest BCUT2D eigenvalue weighted by Crippen LogP contribution is 2.50. The summed E-state index contributed by atoms with van der Waals surface area (Å²) in [6.45, 7) is 14.5. The van der Waals surface area contributed by atoms with E-state index < -0.39 is 0 Å². The number of hydrogen-bond acceptors (Lipinski definition) is 0. The first kappa shape index (κ1) is 13.1. The summed E-state index contributed by atoms with van der Waals surface area (Å²) in [4.78, 5) is 0. The van der Waals surface area contributed by atoms with Crippen molar-refractivity contribution in [3.63, 3.8) is 0 Å². The van der Waals surface area contributed by atoms with Gasteiger partial charge in [0.2, 0.25) is 0 Å². The lowest BCUT2D eigenvalue weighted by atomic mass is 9.58. The number of hydrogen-bond donors (Lipinski definition) is 0. The quantitative estimate of drug-likeness (QED) is 0.605. The standard InChI is InChI=1S/C15H30/c1-7-15(6)9-8-13(11(2)3)10-14(15)12(4)5/h11-14H,7-10H2,1-6H3. The van der Waals surface area contributed by atoms with Crippen molar-refractivity contribution in [1.29, 1.82) is 0 Å². The molecular weight excluding hydrogens is 180 g/mol. The Morgan fingerprint density at radius 2 is 1.73 bits per heavy atom. The van der Waals surface area contributed by atoms with Crippen LogP contribution >= 0.6 is 0 Å². The second-order valence-electron chi connectivity index (χ2n) is 6.64. The minimum atomic E-state index is 0.625. The van der Waals surface area contributed by atoms with Crippen LogP contribution in [-0.4, -0.2) is 0 Å². The molecule has 90 valence electrons. The fourth-order valence-corrected chi connectivity index (χ4v) is 3.55. The molecule has 0 bridgehead atoms. The molecule has 0 heterocycles. The van der Waals surface area contributed by atoms with Gasteiger partial charge in [-0.25, -0.2) is 0 Å². The van der Waals surface area contributed by atoms with Gasteiger partial charge in [-0.1, -0.05) is 48.0 Å². The van der Waals surface area contributed by atoms with Crippen LogP contribution in [0.25, 0.3) is 0 Å². The Balaban J connectivity index is 2.74. The third-order valence-electron chi connectivity index (χ3n) is 5.09. The molecule has 0 nitrogen and oxygen atoms in total. The van der Waals surface area contributed by atoms with Crippen LogP contribution in [0.4, 0.5) is 0 Å². The van der Waals surface area contributed by atoms with Crippen molar-refractivity contribution in [2.45, 2.75) is 67.2 Å². The SMILES string of the molecule is CCC1(C)CCC(C(C)C)CC1C(C)C. The molecular formula is C15H30. The molecule has 0 saturated heterocycles. The molecule has 3 atom stereocenters. The summed E-state index contributed by atoms with van der Waals surface area (Å²) in [5.41, 5.74) is 0.625. The van der Waals surface area contributed by atoms with Crippen molar-refractivity contribution in [3.05, 3.63) is 0 Å². The first-order valence-corrected chi connectivity index (χ1v) is 6.90. The van der Waals surface area contributed by atoms with Crippen molar-refractivity contribution >= 4 is 0 Å². The first-order chi connectivity index (χ1) is 6.90. The third-order valence-corrected chi connectivity index (χ3v) is 5.09. The van der Waals surface area contributed by atoms with Crippen LogP contribution in [0.1, 0.15) is 67.2 Å². The van der Waals surface area contributed by atoms with Gasteiger partial charge in [0.05, 0.1) is 0 Å². The summed E-state index contributed by atoms with van der Waals surface area (Å²) >= 11 is 0. The van der Waals surface area contributed by atoms with E-state index in [1.165, 1.54) is 25.7 Å². The lowest BCUT2D eigenvalue weighted by molar-refractivity contribution is 0.0292. The molecule has 0 N–H and O–H groups in total. The smallest absolute Gasteiger partial charge is 0.0298 e. The summed E-state index contributed by atoms with van der Waals surface area (Å²) in [7, 11) is 0. The maximum absolute atomic E-state index is 2.52. The molecule has 0 aromatic heterocycles. The molecule has 1 fully saturated rings. The van der Waals surface area contributed by atoms with Crippen molar-refractivity contribution in [2.75, 3.05) is 0 Å². The summed E-state index contributed by atoms with van der Waals surface area (Å²) in [5.74, 6) is 3.67. The largest absolute Gasteiger partial charge is 0.0649 e. The summed E-state index contributed by atoms with van der Waals surface area (Å²) in [5, 5.41) is 0. The first-order valence-electron chi connectivity index (χ1n) is 6.90. The fourth-order valence-electron chi connectivity index (χ4n) is 3.55. The van der Waals surface area contributed by atoms with Gasteiger partial charge in [0, 0.05) is 0 Å². The van der Waals surface area contributed by atoms with E-state index >= 15 is 0 Å². The predicted octanol–water partition coefficient (Wildman–Crippen LogP) is 5.13. The molecule has 1 aliphatic rings. The molecule has 1 rings (SSSR count). The van der Waals surface area contributed by atoms with Gasteiger partial charge in [0.25, 0.3) is 0 Å². The topological polar surface area (TPSA) is 0 Å². The zero-order valence-corrected chi connectivity index (χ0v) is 11.6. The van der Waals surface area contributed by atoms with Crippen LogP contribution in [0.15, 0.2) is 0 Å². The molecule has 0 spiro atoms. The average Bonchev–Trinajstić information content (AvgIpc) is 2.17. The van der Waals surface area contributed by atoms with Gasteiger partial charge in [0.1, 0.15) is 0 Å². The van der Waals surface area contributed by atoms with Crippen LogP contribution in [-0.2, 0) is 0 Å². The monoisotopic (exact) mass is 210 g/mol. The van der Waals surface area contributed by atoms with E-state index in [0.717, 1.165) is 23.7 Å². The molecule has 1 saturated carbocycles. The Bertz CT molecular complexity index is 192. The second-order valence-corrected chi connectivity index (χ2v) is 6.64. The molecule has 0 radical (unpaired) electrons. The highest BCUT2D eigenvalue weighted by atomic mass is 14.5. The summed E-state index contributed by atoms with van der Waals surface area (Å²) in [6, 6.07) is 0. The molecule has 0 aliphatic heterocycles. The van der Waals surface area contributed by atoms with Crippen molar-refractivity contribution < 1.29 is 0 Å². The molecule has 0 aromatic rings. The minimum Gasteiger partial charge on any atom is -0.0649 e. The van der Waals surface area contributed by atoms with Gasteiger partial charge in [-0.3, -0.25) is 0 Å². The van der Waals surface area contributed by atoms with Crippen molar-refractivity contribution in [3.8, 4) is 0 Å². The van der Waals surface area contributed by atoms with E-state index in [2.05, 4.69) is 41.5 Å². The molecule has 1 aliphatic carbocycles. The van der Waals surface area contributed by atoms with Gasteiger partial charge in [0.15, 0.2) is 0 Å². The summed E-state index contributed by atoms with van der Waals surface area (Å²) < 4.78 is 0. The van der Waals surface area contributed by atoms with Crippen LogP contribution in [0.3, 0.4) is 0 Å². The Morgan fingerprint density at radius 3 is 2.13 bits per heavy atom. The second kappa shape index (κ2) is 4.89. The van der Waals surface area contributed by atoms with E-state index in [4.69, 9.17) is 0 Å². The van der Waals surface area contributed by atoms with Crippen LogP contribution in [0, 0.1) is 29.1 Å². The fraction of sp³-hybridized carbons (Fsp3) is 1.00. The third kappa shape index (κ3) is 2.77. The zero-order chi connectivity index (χ0) is 11.6. The molecule has 15 heavy (non-hydrogen) atoms. The molecule has 0 amide bonds. The molecule has 0 aromatic carbocycles. The van der Waals surface area contributed by atoms with E-state index in [9.17, 15) is 0 Å². The highest BCUT2D eigenvalue weighted by Gasteiger charge is 2.40. The lowest BCUT2D eigenvalue weighted by Gasteiger charge is -2.47. The molecule has 3 unspecified atom stereocenters. The Labute approximate surface area is 96.8 Å². The van der Waals surface area contributed by atoms with Gasteiger partial charge >= 0.3 is 0 Å². The van der Waals surface area contributed by atoms with E-state index in [1.54, 1.807) is 0 Å². The van der Waals surface area contributed by atoms with Crippen LogP contribution < -0.4 is 0 Å². The maximum Gasteiger partial charge on any atom is -0.0298 e. The van der Waals surface area contributed by atoms with Gasteiger partial charge in [-0.05, 0) is 48.3 Å². The highest BCUT2D eigenvalue weighted by molar-refractivity contribution is 4.90. The van der Waals surface area contributed by atoms with E-state index in [0.29, 0.717) is 5.41 Å². The Kier molecular flexibility index (Phi) is 4.26. The van der Waals surface area contributed by atoms with Crippen LogP contribution in [0.5, 0.6) is 0 Å². The van der Waals surface area contributed by atoms with E-state index in [1.807, 2.05) is 0 Å². The minimum absolute atomic E-state index is 0.625. The molecule has 0 heteroatoms. The van der Waals surface area contributed by atoms with E-state index in [-0.39, 0.29) is 0 Å². The normalized spacial score (nSPS) is 37.6. The predicted molar refractivity (Wildman–Crippen MR) is 68.9 cm³/mol. The number of rotatable bonds is 3. The Hall–Kier alpha value is 0.